The van der Waals surface area contributed by atoms with Gasteiger partial charge in [0.2, 0.25) is 5.91 Å². The van der Waals surface area contributed by atoms with Crippen molar-refractivity contribution >= 4 is 11.5 Å². The molecule has 2 aromatic carbocycles. The summed E-state index contributed by atoms with van der Waals surface area (Å²) in [6.07, 6.45) is 1.90. The van der Waals surface area contributed by atoms with Crippen LogP contribution >= 0.6 is 0 Å². The minimum Gasteiger partial charge on any atom is -0.508 e. The molecule has 0 radical (unpaired) electrons. The number of rotatable bonds is 3. The van der Waals surface area contributed by atoms with Crippen molar-refractivity contribution in [1.29, 1.82) is 0 Å². The molecule has 4 N–H and O–H groups in total. The normalized spacial score (nSPS) is 14.5. The second-order valence-electron chi connectivity index (χ2n) is 5.72. The van der Waals surface area contributed by atoms with Gasteiger partial charge in [-0.2, -0.15) is 0 Å². The van der Waals surface area contributed by atoms with Gasteiger partial charge in [-0.1, -0.05) is 29.8 Å². The Balaban J connectivity index is 2.16. The fraction of sp³-hybridized carbons (Fsp3) is 0.211. The van der Waals surface area contributed by atoms with E-state index < -0.39 is 5.91 Å². The molecule has 1 aliphatic rings. The van der Waals surface area contributed by atoms with Crippen LogP contribution in [0.1, 0.15) is 34.3 Å². The van der Waals surface area contributed by atoms with E-state index in [2.05, 4.69) is 5.32 Å². The van der Waals surface area contributed by atoms with E-state index in [1.165, 1.54) is 5.57 Å². The molecular weight excluding hydrogens is 288 g/mol. The third-order valence-electron chi connectivity index (χ3n) is 4.13. The quantitative estimate of drug-likeness (QED) is 0.816. The van der Waals surface area contributed by atoms with Gasteiger partial charge in [-0.25, -0.2) is 0 Å². The molecule has 1 heterocycles. The molecule has 1 amide bonds. The molecule has 0 bridgehead atoms. The van der Waals surface area contributed by atoms with Gasteiger partial charge in [-0.3, -0.25) is 4.79 Å². The van der Waals surface area contributed by atoms with Crippen molar-refractivity contribution in [2.24, 2.45) is 5.73 Å². The highest BCUT2D eigenvalue weighted by atomic mass is 16.3. The molecule has 4 nitrogen and oxygen atoms in total. The van der Waals surface area contributed by atoms with Crippen LogP contribution in [0.4, 0.5) is 0 Å². The lowest BCUT2D eigenvalue weighted by molar-refractivity contribution is 0.1000. The molecule has 2 aromatic rings. The highest BCUT2D eigenvalue weighted by Crippen LogP contribution is 2.32. The van der Waals surface area contributed by atoms with E-state index in [-0.39, 0.29) is 5.75 Å². The number of primary amides is 1. The average molecular weight is 308 g/mol. The van der Waals surface area contributed by atoms with E-state index in [0.717, 1.165) is 42.6 Å². The fourth-order valence-corrected chi connectivity index (χ4v) is 3.04. The lowest BCUT2D eigenvalue weighted by atomic mass is 9.88. The Morgan fingerprint density at radius 3 is 2.22 bits per heavy atom. The number of piperidine rings is 1. The number of nitrogens with two attached hydrogens (primary N) is 1. The smallest absolute Gasteiger partial charge is 0.248 e. The molecule has 0 saturated carbocycles. The Bertz CT molecular complexity index is 757. The Hall–Kier alpha value is -2.59. The molecule has 1 fully saturated rings. The van der Waals surface area contributed by atoms with Gasteiger partial charge in [0.1, 0.15) is 5.75 Å². The van der Waals surface area contributed by atoms with Crippen molar-refractivity contribution in [2.75, 3.05) is 13.1 Å². The van der Waals surface area contributed by atoms with Crippen LogP contribution in [0.5, 0.6) is 5.75 Å². The molecule has 0 aromatic heterocycles. The maximum absolute atomic E-state index is 11.5. The zero-order valence-corrected chi connectivity index (χ0v) is 12.9. The number of phenols is 1. The predicted octanol–water partition coefficient (Wildman–Crippen LogP) is 2.68. The molecule has 23 heavy (non-hydrogen) atoms. The van der Waals surface area contributed by atoms with Gasteiger partial charge >= 0.3 is 0 Å². The summed E-state index contributed by atoms with van der Waals surface area (Å²) < 4.78 is 0. The monoisotopic (exact) mass is 308 g/mol. The van der Waals surface area contributed by atoms with Crippen LogP contribution < -0.4 is 11.1 Å². The van der Waals surface area contributed by atoms with Crippen LogP contribution in [0.25, 0.3) is 5.57 Å². The Morgan fingerprint density at radius 2 is 1.57 bits per heavy atom. The van der Waals surface area contributed by atoms with Crippen LogP contribution in [0.3, 0.4) is 0 Å². The van der Waals surface area contributed by atoms with Gasteiger partial charge in [-0.15, -0.1) is 0 Å². The molecule has 0 unspecified atom stereocenters. The standard InChI is InChI=1S/C19H20N2O2/c20-19(23)16-5-1-3-14(11-16)18(13-7-9-21-10-8-13)15-4-2-6-17(22)12-15/h1-6,11-12,21-22H,7-10H2,(H2,20,23). The average Bonchev–Trinajstić information content (AvgIpc) is 2.56. The number of hydrogen-bond acceptors (Lipinski definition) is 3. The van der Waals surface area contributed by atoms with Crippen molar-refractivity contribution in [3.05, 3.63) is 70.8 Å². The maximum Gasteiger partial charge on any atom is 0.248 e. The van der Waals surface area contributed by atoms with Gasteiger partial charge < -0.3 is 16.2 Å². The number of carbonyl (C=O) groups excluding carboxylic acids is 1. The summed E-state index contributed by atoms with van der Waals surface area (Å²) in [6, 6.07) is 14.6. The third kappa shape index (κ3) is 3.43. The molecule has 0 aliphatic carbocycles. The van der Waals surface area contributed by atoms with E-state index in [4.69, 9.17) is 5.73 Å². The van der Waals surface area contributed by atoms with Crippen molar-refractivity contribution in [2.45, 2.75) is 12.8 Å². The lowest BCUT2D eigenvalue weighted by Gasteiger charge is -2.21. The number of aromatic hydroxyl groups is 1. The summed E-state index contributed by atoms with van der Waals surface area (Å²) in [7, 11) is 0. The first-order valence-electron chi connectivity index (χ1n) is 7.77. The number of nitrogens with one attached hydrogen (secondary N) is 1. The third-order valence-corrected chi connectivity index (χ3v) is 4.13. The topological polar surface area (TPSA) is 75.4 Å². The predicted molar refractivity (Wildman–Crippen MR) is 91.2 cm³/mol. The Labute approximate surface area is 135 Å². The van der Waals surface area contributed by atoms with E-state index in [1.807, 2.05) is 30.3 Å². The van der Waals surface area contributed by atoms with E-state index in [1.54, 1.807) is 18.2 Å². The Morgan fingerprint density at radius 1 is 0.957 bits per heavy atom. The van der Waals surface area contributed by atoms with Gasteiger partial charge in [0.25, 0.3) is 0 Å². The molecule has 0 spiro atoms. The molecular formula is C19H20N2O2. The number of amides is 1. The lowest BCUT2D eigenvalue weighted by Crippen LogP contribution is -2.24. The highest BCUT2D eigenvalue weighted by molar-refractivity contribution is 5.94. The first-order chi connectivity index (χ1) is 11.1. The Kier molecular flexibility index (Phi) is 4.44. The zero-order valence-electron chi connectivity index (χ0n) is 12.9. The first kappa shape index (κ1) is 15.3. The summed E-state index contributed by atoms with van der Waals surface area (Å²) in [5.41, 5.74) is 10.3. The maximum atomic E-state index is 11.5. The molecule has 4 heteroatoms. The second-order valence-corrected chi connectivity index (χ2v) is 5.72. The molecule has 1 aliphatic heterocycles. The van der Waals surface area contributed by atoms with Gasteiger partial charge in [-0.05, 0) is 66.9 Å². The fourth-order valence-electron chi connectivity index (χ4n) is 3.04. The molecule has 0 atom stereocenters. The van der Waals surface area contributed by atoms with E-state index in [9.17, 15) is 9.90 Å². The SMILES string of the molecule is NC(=O)c1cccc(C(=C2CCNCC2)c2cccc(O)c2)c1. The van der Waals surface area contributed by atoms with E-state index >= 15 is 0 Å². The zero-order chi connectivity index (χ0) is 16.2. The van der Waals surface area contributed by atoms with Gasteiger partial charge in [0, 0.05) is 5.56 Å². The minimum absolute atomic E-state index is 0.237. The van der Waals surface area contributed by atoms with Crippen molar-refractivity contribution in [3.8, 4) is 5.75 Å². The highest BCUT2D eigenvalue weighted by Gasteiger charge is 2.16. The summed E-state index contributed by atoms with van der Waals surface area (Å²) in [5, 5.41) is 13.2. The number of phenolic OH excluding ortho intramolecular Hbond substituents is 1. The van der Waals surface area contributed by atoms with Crippen molar-refractivity contribution in [3.63, 3.8) is 0 Å². The largest absolute Gasteiger partial charge is 0.508 e. The van der Waals surface area contributed by atoms with Crippen LogP contribution in [-0.2, 0) is 0 Å². The first-order valence-corrected chi connectivity index (χ1v) is 7.77. The van der Waals surface area contributed by atoms with Crippen LogP contribution in [-0.4, -0.2) is 24.1 Å². The van der Waals surface area contributed by atoms with Gasteiger partial charge in [0.05, 0.1) is 0 Å². The van der Waals surface area contributed by atoms with E-state index in [0.29, 0.717) is 5.56 Å². The second kappa shape index (κ2) is 6.67. The summed E-state index contributed by atoms with van der Waals surface area (Å²) in [4.78, 5) is 11.5. The van der Waals surface area contributed by atoms with Crippen LogP contribution in [0, 0.1) is 0 Å². The van der Waals surface area contributed by atoms with Gasteiger partial charge in [0.15, 0.2) is 0 Å². The number of carbonyl (C=O) groups is 1. The van der Waals surface area contributed by atoms with Crippen molar-refractivity contribution < 1.29 is 9.90 Å². The molecule has 118 valence electrons. The van der Waals surface area contributed by atoms with Crippen LogP contribution in [0.15, 0.2) is 54.1 Å². The summed E-state index contributed by atoms with van der Waals surface area (Å²) in [5.74, 6) is -0.196. The number of benzene rings is 2. The summed E-state index contributed by atoms with van der Waals surface area (Å²) in [6.45, 7) is 1.88. The summed E-state index contributed by atoms with van der Waals surface area (Å²) >= 11 is 0. The molecule has 3 rings (SSSR count). The molecule has 1 saturated heterocycles. The number of hydrogen-bond donors (Lipinski definition) is 3. The minimum atomic E-state index is -0.433. The van der Waals surface area contributed by atoms with Crippen molar-refractivity contribution in [1.82, 2.24) is 5.32 Å². The van der Waals surface area contributed by atoms with Crippen LogP contribution in [0.2, 0.25) is 0 Å².